The number of amides is 2. The number of hydrogen-bond acceptors (Lipinski definition) is 2. The maximum absolute atomic E-state index is 13.1. The van der Waals surface area contributed by atoms with Gasteiger partial charge in [-0.2, -0.15) is 0 Å². The van der Waals surface area contributed by atoms with Gasteiger partial charge in [-0.3, -0.25) is 9.59 Å². The smallest absolute Gasteiger partial charge is 0.242 e. The summed E-state index contributed by atoms with van der Waals surface area (Å²) in [5.41, 5.74) is 1.44. The molecule has 0 saturated heterocycles. The Hall–Kier alpha value is -2.40. The third-order valence-corrected chi connectivity index (χ3v) is 4.35. The molecule has 4 nitrogen and oxygen atoms in total. The summed E-state index contributed by atoms with van der Waals surface area (Å²) in [5.74, 6) is -0.847. The molecule has 6 heteroatoms. The van der Waals surface area contributed by atoms with E-state index >= 15 is 0 Å². The zero-order valence-electron chi connectivity index (χ0n) is 14.1. The molecule has 0 bridgehead atoms. The molecule has 2 aromatic rings. The summed E-state index contributed by atoms with van der Waals surface area (Å²) < 4.78 is 13.1. The third-order valence-electron chi connectivity index (χ3n) is 3.98. The van der Waals surface area contributed by atoms with E-state index in [-0.39, 0.29) is 30.6 Å². The molecule has 0 aliphatic rings. The Labute approximate surface area is 151 Å². The minimum Gasteiger partial charge on any atom is -0.357 e. The van der Waals surface area contributed by atoms with E-state index in [1.54, 1.807) is 43.3 Å². The zero-order valence-corrected chi connectivity index (χ0v) is 14.9. The van der Waals surface area contributed by atoms with E-state index in [4.69, 9.17) is 11.6 Å². The number of hydrogen-bond donors (Lipinski definition) is 1. The average Bonchev–Trinajstić information content (AvgIpc) is 2.61. The van der Waals surface area contributed by atoms with Crippen LogP contribution >= 0.6 is 11.6 Å². The molecule has 1 atom stereocenters. The second kappa shape index (κ2) is 8.62. The van der Waals surface area contributed by atoms with Crippen molar-refractivity contribution >= 4 is 23.4 Å². The lowest BCUT2D eigenvalue weighted by Gasteiger charge is -2.28. The van der Waals surface area contributed by atoms with Crippen molar-refractivity contribution in [2.24, 2.45) is 0 Å². The molecule has 0 fully saturated rings. The van der Waals surface area contributed by atoms with Gasteiger partial charge >= 0.3 is 0 Å². The van der Waals surface area contributed by atoms with E-state index in [0.29, 0.717) is 10.6 Å². The molecule has 2 aromatic carbocycles. The molecule has 1 N–H and O–H groups in total. The number of nitrogens with one attached hydrogen (secondary N) is 1. The van der Waals surface area contributed by atoms with Gasteiger partial charge in [-0.1, -0.05) is 41.9 Å². The lowest BCUT2D eigenvalue weighted by Crippen LogP contribution is -2.47. The van der Waals surface area contributed by atoms with Crippen LogP contribution in [0.25, 0.3) is 0 Å². The van der Waals surface area contributed by atoms with Crippen LogP contribution in [0.15, 0.2) is 48.5 Å². The second-order valence-electron chi connectivity index (χ2n) is 5.71. The van der Waals surface area contributed by atoms with Crippen molar-refractivity contribution in [2.75, 3.05) is 7.05 Å². The number of benzene rings is 2. The monoisotopic (exact) mass is 362 g/mol. The summed E-state index contributed by atoms with van der Waals surface area (Å²) >= 11 is 6.13. The van der Waals surface area contributed by atoms with Crippen LogP contribution in [0.3, 0.4) is 0 Å². The largest absolute Gasteiger partial charge is 0.357 e. The summed E-state index contributed by atoms with van der Waals surface area (Å²) in [4.78, 5) is 26.3. The summed E-state index contributed by atoms with van der Waals surface area (Å²) in [5, 5.41) is 3.06. The van der Waals surface area contributed by atoms with Crippen molar-refractivity contribution in [2.45, 2.75) is 25.9 Å². The van der Waals surface area contributed by atoms with Crippen LogP contribution < -0.4 is 5.32 Å². The van der Waals surface area contributed by atoms with Gasteiger partial charge in [-0.05, 0) is 36.2 Å². The third kappa shape index (κ3) is 5.03. The zero-order chi connectivity index (χ0) is 18.4. The van der Waals surface area contributed by atoms with E-state index in [1.165, 1.54) is 24.1 Å². The lowest BCUT2D eigenvalue weighted by molar-refractivity contribution is -0.139. The van der Waals surface area contributed by atoms with Gasteiger partial charge in [0.15, 0.2) is 0 Å². The Morgan fingerprint density at radius 3 is 2.40 bits per heavy atom. The van der Waals surface area contributed by atoms with E-state index in [2.05, 4.69) is 5.32 Å². The summed E-state index contributed by atoms with van der Waals surface area (Å²) in [7, 11) is 1.52. The van der Waals surface area contributed by atoms with E-state index in [0.717, 1.165) is 5.56 Å². The fraction of sp³-hybridized carbons (Fsp3) is 0.263. The van der Waals surface area contributed by atoms with Crippen molar-refractivity contribution in [3.63, 3.8) is 0 Å². The molecule has 0 spiro atoms. The van der Waals surface area contributed by atoms with E-state index < -0.39 is 6.04 Å². The van der Waals surface area contributed by atoms with Crippen LogP contribution in [0, 0.1) is 5.82 Å². The Morgan fingerprint density at radius 2 is 1.80 bits per heavy atom. The summed E-state index contributed by atoms with van der Waals surface area (Å²) in [6, 6.07) is 12.3. The minimum atomic E-state index is -0.662. The van der Waals surface area contributed by atoms with Crippen molar-refractivity contribution < 1.29 is 14.0 Å². The van der Waals surface area contributed by atoms with Gasteiger partial charge in [0.2, 0.25) is 11.8 Å². The predicted molar refractivity (Wildman–Crippen MR) is 95.6 cm³/mol. The first-order valence-corrected chi connectivity index (χ1v) is 8.29. The number of carbonyl (C=O) groups excluding carboxylic acids is 2. The average molecular weight is 363 g/mol. The maximum atomic E-state index is 13.1. The van der Waals surface area contributed by atoms with Crippen molar-refractivity contribution in [3.8, 4) is 0 Å². The van der Waals surface area contributed by atoms with Crippen LogP contribution in [0.4, 0.5) is 4.39 Å². The molecule has 0 aromatic heterocycles. The Balaban J connectivity index is 2.23. The fourth-order valence-corrected chi connectivity index (χ4v) is 2.69. The van der Waals surface area contributed by atoms with Crippen molar-refractivity contribution in [1.82, 2.24) is 10.2 Å². The maximum Gasteiger partial charge on any atom is 0.242 e. The molecular formula is C19H20ClFN2O2. The first-order valence-electron chi connectivity index (χ1n) is 7.91. The quantitative estimate of drug-likeness (QED) is 0.858. The van der Waals surface area contributed by atoms with Crippen molar-refractivity contribution in [1.29, 1.82) is 0 Å². The Morgan fingerprint density at radius 1 is 1.16 bits per heavy atom. The first kappa shape index (κ1) is 18.9. The molecule has 1 unspecified atom stereocenters. The van der Waals surface area contributed by atoms with Crippen LogP contribution in [0.2, 0.25) is 5.02 Å². The van der Waals surface area contributed by atoms with Crippen LogP contribution in [-0.2, 0) is 22.6 Å². The fourth-order valence-electron chi connectivity index (χ4n) is 2.48. The Bertz CT molecular complexity index is 749. The van der Waals surface area contributed by atoms with Gasteiger partial charge in [0.05, 0.1) is 6.42 Å². The van der Waals surface area contributed by atoms with Crippen LogP contribution in [0.1, 0.15) is 18.1 Å². The summed E-state index contributed by atoms with van der Waals surface area (Å²) in [6.45, 7) is 1.87. The molecule has 0 radical (unpaired) electrons. The molecule has 0 aliphatic carbocycles. The molecular weight excluding hydrogens is 343 g/mol. The highest BCUT2D eigenvalue weighted by Crippen LogP contribution is 2.18. The standard InChI is InChI=1S/C19H20ClFN2O2/c1-13(19(25)22-2)23(12-14-7-9-16(21)10-8-14)18(24)11-15-5-3-4-6-17(15)20/h3-10,13H,11-12H2,1-2H3,(H,22,25). The van der Waals surface area contributed by atoms with Crippen LogP contribution in [0.5, 0.6) is 0 Å². The van der Waals surface area contributed by atoms with Gasteiger partial charge < -0.3 is 10.2 Å². The molecule has 0 heterocycles. The normalized spacial score (nSPS) is 11.7. The van der Waals surface area contributed by atoms with Crippen LogP contribution in [-0.4, -0.2) is 29.8 Å². The highest BCUT2D eigenvalue weighted by molar-refractivity contribution is 6.31. The lowest BCUT2D eigenvalue weighted by atomic mass is 10.1. The van der Waals surface area contributed by atoms with Gasteiger partial charge in [0, 0.05) is 18.6 Å². The molecule has 132 valence electrons. The van der Waals surface area contributed by atoms with Gasteiger partial charge in [-0.15, -0.1) is 0 Å². The molecule has 0 aliphatic heterocycles. The number of carbonyl (C=O) groups is 2. The predicted octanol–water partition coefficient (Wildman–Crippen LogP) is 3.18. The highest BCUT2D eigenvalue weighted by Gasteiger charge is 2.25. The molecule has 2 rings (SSSR count). The number of likely N-dealkylation sites (N-methyl/N-ethyl adjacent to an activating group) is 1. The molecule has 2 amide bonds. The number of halogens is 2. The van der Waals surface area contributed by atoms with E-state index in [9.17, 15) is 14.0 Å². The van der Waals surface area contributed by atoms with Crippen molar-refractivity contribution in [3.05, 3.63) is 70.5 Å². The summed E-state index contributed by atoms with van der Waals surface area (Å²) in [6.07, 6.45) is 0.0855. The number of nitrogens with zero attached hydrogens (tertiary/aromatic N) is 1. The van der Waals surface area contributed by atoms with E-state index in [1.807, 2.05) is 0 Å². The first-order chi connectivity index (χ1) is 11.9. The van der Waals surface area contributed by atoms with Gasteiger partial charge in [0.1, 0.15) is 11.9 Å². The number of rotatable bonds is 6. The van der Waals surface area contributed by atoms with Gasteiger partial charge in [0.25, 0.3) is 0 Å². The van der Waals surface area contributed by atoms with Gasteiger partial charge in [-0.25, -0.2) is 4.39 Å². The molecule has 25 heavy (non-hydrogen) atoms. The molecule has 0 saturated carbocycles. The second-order valence-corrected chi connectivity index (χ2v) is 6.11. The SMILES string of the molecule is CNC(=O)C(C)N(Cc1ccc(F)cc1)C(=O)Cc1ccccc1Cl. The highest BCUT2D eigenvalue weighted by atomic mass is 35.5. The Kier molecular flexibility index (Phi) is 6.53. The topological polar surface area (TPSA) is 49.4 Å². The minimum absolute atomic E-state index is 0.0855.